The molecule has 2 aromatic rings. The number of hydrogen-bond donors (Lipinski definition) is 4. The zero-order valence-electron chi connectivity index (χ0n) is 17.2. The molecule has 2 aromatic carbocycles. The molecule has 12 heteroatoms. The zero-order valence-corrected chi connectivity index (χ0v) is 18.0. The third kappa shape index (κ3) is 6.60. The fourth-order valence-electron chi connectivity index (χ4n) is 3.30. The molecule has 0 aliphatic carbocycles. The second kappa shape index (κ2) is 10.7. The lowest BCUT2D eigenvalue weighted by molar-refractivity contribution is 0.133. The van der Waals surface area contributed by atoms with Crippen molar-refractivity contribution >= 4 is 27.4 Å². The topological polar surface area (TPSA) is 114 Å². The van der Waals surface area contributed by atoms with E-state index in [1.54, 1.807) is 12.1 Å². The van der Waals surface area contributed by atoms with Gasteiger partial charge in [0.2, 0.25) is 10.0 Å². The van der Waals surface area contributed by atoms with E-state index in [2.05, 4.69) is 10.6 Å². The SMILES string of the molecule is O=C(NCC(CS(=O)(=O)N1CCN(c2ccc(F)cc2)CC1)NO)Nc1ccc(F)cc1. The predicted molar refractivity (Wildman–Crippen MR) is 116 cm³/mol. The molecule has 1 unspecified atom stereocenters. The van der Waals surface area contributed by atoms with Gasteiger partial charge in [-0.3, -0.25) is 0 Å². The van der Waals surface area contributed by atoms with Gasteiger partial charge in [-0.15, -0.1) is 0 Å². The van der Waals surface area contributed by atoms with Gasteiger partial charge in [0.1, 0.15) is 11.6 Å². The second-order valence-electron chi connectivity index (χ2n) is 7.31. The lowest BCUT2D eigenvalue weighted by Gasteiger charge is -2.36. The molecule has 4 N–H and O–H groups in total. The molecule has 0 aromatic heterocycles. The van der Waals surface area contributed by atoms with Crippen molar-refractivity contribution in [3.8, 4) is 0 Å². The van der Waals surface area contributed by atoms with Gasteiger partial charge in [0, 0.05) is 44.1 Å². The Morgan fingerprint density at radius 2 is 1.53 bits per heavy atom. The van der Waals surface area contributed by atoms with Crippen LogP contribution >= 0.6 is 0 Å². The highest BCUT2D eigenvalue weighted by Gasteiger charge is 2.29. The Bertz CT molecular complexity index is 998. The minimum atomic E-state index is -3.71. The number of hydrogen-bond acceptors (Lipinski definition) is 6. The molecule has 1 fully saturated rings. The molecule has 32 heavy (non-hydrogen) atoms. The van der Waals surface area contributed by atoms with Crippen LogP contribution in [0.3, 0.4) is 0 Å². The van der Waals surface area contributed by atoms with E-state index in [9.17, 15) is 27.2 Å². The Kier molecular flexibility index (Phi) is 7.96. The number of carbonyl (C=O) groups excluding carboxylic acids is 1. The van der Waals surface area contributed by atoms with Crippen molar-refractivity contribution in [1.29, 1.82) is 0 Å². The Labute approximate surface area is 185 Å². The highest BCUT2D eigenvalue weighted by atomic mass is 32.2. The molecule has 0 spiro atoms. The number of piperazine rings is 1. The molecule has 3 rings (SSSR count). The van der Waals surface area contributed by atoms with Crippen LogP contribution in [0.4, 0.5) is 25.0 Å². The molecule has 1 aliphatic rings. The number of nitrogens with zero attached hydrogens (tertiary/aromatic N) is 2. The van der Waals surface area contributed by atoms with Crippen LogP contribution in [0.1, 0.15) is 0 Å². The molecule has 0 bridgehead atoms. The van der Waals surface area contributed by atoms with Crippen LogP contribution in [0.5, 0.6) is 0 Å². The fourth-order valence-corrected chi connectivity index (χ4v) is 4.93. The highest BCUT2D eigenvalue weighted by Crippen LogP contribution is 2.18. The maximum Gasteiger partial charge on any atom is 0.319 e. The van der Waals surface area contributed by atoms with Gasteiger partial charge in [-0.2, -0.15) is 9.79 Å². The molecule has 9 nitrogen and oxygen atoms in total. The molecule has 174 valence electrons. The van der Waals surface area contributed by atoms with Crippen molar-refractivity contribution in [2.75, 3.05) is 48.7 Å². The Morgan fingerprint density at radius 1 is 0.969 bits per heavy atom. The van der Waals surface area contributed by atoms with Crippen LogP contribution in [-0.4, -0.2) is 68.5 Å². The van der Waals surface area contributed by atoms with Crippen LogP contribution in [0.25, 0.3) is 0 Å². The summed E-state index contributed by atoms with van der Waals surface area (Å²) in [5.41, 5.74) is 3.10. The van der Waals surface area contributed by atoms with E-state index in [0.717, 1.165) is 5.69 Å². The number of rotatable bonds is 8. The number of hydroxylamine groups is 1. The zero-order chi connectivity index (χ0) is 23.1. The summed E-state index contributed by atoms with van der Waals surface area (Å²) in [4.78, 5) is 13.9. The summed E-state index contributed by atoms with van der Waals surface area (Å²) in [5, 5.41) is 14.3. The van der Waals surface area contributed by atoms with Crippen molar-refractivity contribution in [2.45, 2.75) is 6.04 Å². The van der Waals surface area contributed by atoms with Gasteiger partial charge < -0.3 is 20.7 Å². The van der Waals surface area contributed by atoms with Crippen molar-refractivity contribution in [3.05, 3.63) is 60.2 Å². The summed E-state index contributed by atoms with van der Waals surface area (Å²) in [6.07, 6.45) is 0. The highest BCUT2D eigenvalue weighted by molar-refractivity contribution is 7.89. The Balaban J connectivity index is 1.48. The maximum absolute atomic E-state index is 13.1. The van der Waals surface area contributed by atoms with Crippen molar-refractivity contribution in [1.82, 2.24) is 15.1 Å². The number of sulfonamides is 1. The van der Waals surface area contributed by atoms with Crippen LogP contribution in [0.15, 0.2) is 48.5 Å². The average Bonchev–Trinajstić information content (AvgIpc) is 2.79. The van der Waals surface area contributed by atoms with Crippen molar-refractivity contribution in [2.24, 2.45) is 0 Å². The fraction of sp³-hybridized carbons (Fsp3) is 0.350. The van der Waals surface area contributed by atoms with Gasteiger partial charge in [0.15, 0.2) is 0 Å². The van der Waals surface area contributed by atoms with Gasteiger partial charge in [-0.05, 0) is 48.5 Å². The monoisotopic (exact) mass is 469 g/mol. The lowest BCUT2D eigenvalue weighted by Crippen LogP contribution is -2.52. The summed E-state index contributed by atoms with van der Waals surface area (Å²) >= 11 is 0. The molecule has 1 aliphatic heterocycles. The summed E-state index contributed by atoms with van der Waals surface area (Å²) in [5.74, 6) is -1.20. The first-order chi connectivity index (χ1) is 15.3. The third-order valence-corrected chi connectivity index (χ3v) is 7.00. The number of benzene rings is 2. The van der Waals surface area contributed by atoms with E-state index in [1.807, 2.05) is 10.4 Å². The number of nitrogens with one attached hydrogen (secondary N) is 3. The van der Waals surface area contributed by atoms with Crippen LogP contribution < -0.4 is 21.0 Å². The quantitative estimate of drug-likeness (QED) is 0.437. The maximum atomic E-state index is 13.1. The molecule has 1 saturated heterocycles. The van der Waals surface area contributed by atoms with E-state index in [1.165, 1.54) is 40.7 Å². The largest absolute Gasteiger partial charge is 0.369 e. The van der Waals surface area contributed by atoms with E-state index in [4.69, 9.17) is 0 Å². The molecule has 1 heterocycles. The lowest BCUT2D eigenvalue weighted by atomic mass is 10.2. The van der Waals surface area contributed by atoms with E-state index in [0.29, 0.717) is 18.8 Å². The Morgan fingerprint density at radius 3 is 2.09 bits per heavy atom. The number of anilines is 2. The molecule has 0 saturated carbocycles. The first-order valence-electron chi connectivity index (χ1n) is 9.95. The van der Waals surface area contributed by atoms with Crippen molar-refractivity contribution < 1.29 is 27.2 Å². The number of amides is 2. The van der Waals surface area contributed by atoms with E-state index in [-0.39, 0.29) is 25.5 Å². The standard InChI is InChI=1S/C20H25F2N5O4S/c21-15-1-5-17(6-2-15)24-20(28)23-13-18(25-29)14-32(30,31)27-11-9-26(10-12-27)19-7-3-16(22)4-8-19/h1-8,18,25,29H,9-14H2,(H2,23,24,28). The third-order valence-electron chi connectivity index (χ3n) is 5.03. The van der Waals surface area contributed by atoms with Crippen molar-refractivity contribution in [3.63, 3.8) is 0 Å². The van der Waals surface area contributed by atoms with Gasteiger partial charge in [-0.1, -0.05) is 0 Å². The van der Waals surface area contributed by atoms with Gasteiger partial charge in [0.05, 0.1) is 11.8 Å². The predicted octanol–water partition coefficient (Wildman–Crippen LogP) is 1.59. The van der Waals surface area contributed by atoms with E-state index >= 15 is 0 Å². The molecular weight excluding hydrogens is 444 g/mol. The summed E-state index contributed by atoms with van der Waals surface area (Å²) in [6, 6.07) is 9.59. The number of carbonyl (C=O) groups is 1. The van der Waals surface area contributed by atoms with Gasteiger partial charge in [0.25, 0.3) is 0 Å². The van der Waals surface area contributed by atoms with Crippen LogP contribution in [0, 0.1) is 11.6 Å². The summed E-state index contributed by atoms with van der Waals surface area (Å²) in [6.45, 7) is 1.23. The van der Waals surface area contributed by atoms with Crippen LogP contribution in [-0.2, 0) is 10.0 Å². The Hall–Kier alpha value is -2.80. The average molecular weight is 470 g/mol. The minimum Gasteiger partial charge on any atom is -0.369 e. The second-order valence-corrected chi connectivity index (χ2v) is 9.32. The summed E-state index contributed by atoms with van der Waals surface area (Å²) in [7, 11) is -3.71. The van der Waals surface area contributed by atoms with Gasteiger partial charge in [-0.25, -0.2) is 22.0 Å². The molecule has 0 radical (unpaired) electrons. The first kappa shape index (κ1) is 23.9. The summed E-state index contributed by atoms with van der Waals surface area (Å²) < 4.78 is 52.8. The first-order valence-corrected chi connectivity index (χ1v) is 11.6. The van der Waals surface area contributed by atoms with Gasteiger partial charge >= 0.3 is 6.03 Å². The molecular formula is C20H25F2N5O4S. The van der Waals surface area contributed by atoms with Crippen LogP contribution in [0.2, 0.25) is 0 Å². The minimum absolute atomic E-state index is 0.154. The molecule has 2 amide bonds. The molecule has 1 atom stereocenters. The number of halogens is 2. The normalized spacial score (nSPS) is 15.9. The van der Waals surface area contributed by atoms with E-state index < -0.39 is 33.7 Å². The smallest absolute Gasteiger partial charge is 0.319 e. The number of urea groups is 1.